The van der Waals surface area contributed by atoms with Crippen LogP contribution in [-0.2, 0) is 9.59 Å². The van der Waals surface area contributed by atoms with E-state index >= 15 is 0 Å². The molecule has 1 saturated heterocycles. The van der Waals surface area contributed by atoms with Crippen LogP contribution in [0.1, 0.15) is 65.2 Å². The second kappa shape index (κ2) is 8.28. The molecule has 1 aliphatic heterocycles. The Kier molecular flexibility index (Phi) is 6.41. The Labute approximate surface area is 169 Å². The lowest BCUT2D eigenvalue weighted by Gasteiger charge is -2.55. The van der Waals surface area contributed by atoms with Gasteiger partial charge in [0.2, 0.25) is 11.8 Å². The normalized spacial score (nSPS) is 37.7. The van der Waals surface area contributed by atoms with Crippen LogP contribution in [0.4, 0.5) is 0 Å². The van der Waals surface area contributed by atoms with E-state index in [0.29, 0.717) is 12.6 Å². The van der Waals surface area contributed by atoms with E-state index in [4.69, 9.17) is 0 Å². The predicted molar refractivity (Wildman–Crippen MR) is 109 cm³/mol. The third-order valence-corrected chi connectivity index (χ3v) is 7.44. The molecule has 0 aromatic rings. The molecule has 27 heavy (non-hydrogen) atoms. The molecule has 5 aliphatic rings. The van der Waals surface area contributed by atoms with Crippen molar-refractivity contribution in [1.82, 2.24) is 16.0 Å². The van der Waals surface area contributed by atoms with Gasteiger partial charge < -0.3 is 16.0 Å². The van der Waals surface area contributed by atoms with E-state index in [1.807, 2.05) is 13.8 Å². The van der Waals surface area contributed by atoms with Crippen LogP contribution < -0.4 is 16.0 Å². The zero-order valence-corrected chi connectivity index (χ0v) is 17.6. The molecule has 2 unspecified atom stereocenters. The summed E-state index contributed by atoms with van der Waals surface area (Å²) in [6, 6.07) is -0.0393. The highest BCUT2D eigenvalue weighted by atomic mass is 35.5. The first-order chi connectivity index (χ1) is 12.4. The second-order valence-corrected chi connectivity index (χ2v) is 9.93. The van der Waals surface area contributed by atoms with Crippen molar-refractivity contribution in [2.45, 2.75) is 77.3 Å². The fourth-order valence-electron chi connectivity index (χ4n) is 6.48. The SMILES string of the molecule is CC(C)C(NC(=O)C12CC3CC(CC(C3)C1)C2)C(=O)NCC1CCCN1.Cl. The third-order valence-electron chi connectivity index (χ3n) is 7.44. The average Bonchev–Trinajstić information content (AvgIpc) is 3.09. The van der Waals surface area contributed by atoms with Gasteiger partial charge in [0.1, 0.15) is 6.04 Å². The molecule has 4 aliphatic carbocycles. The van der Waals surface area contributed by atoms with E-state index in [2.05, 4.69) is 16.0 Å². The van der Waals surface area contributed by atoms with Crippen molar-refractivity contribution in [1.29, 1.82) is 0 Å². The summed E-state index contributed by atoms with van der Waals surface area (Å²) >= 11 is 0. The largest absolute Gasteiger partial charge is 0.353 e. The maximum atomic E-state index is 13.3. The summed E-state index contributed by atoms with van der Waals surface area (Å²) in [5.74, 6) is 2.46. The lowest BCUT2D eigenvalue weighted by Crippen LogP contribution is -2.58. The van der Waals surface area contributed by atoms with Gasteiger partial charge in [-0.25, -0.2) is 0 Å². The number of amides is 2. The Balaban J connectivity index is 0.00000210. The Morgan fingerprint density at radius 3 is 2.15 bits per heavy atom. The topological polar surface area (TPSA) is 70.2 Å². The Hall–Kier alpha value is -0.810. The van der Waals surface area contributed by atoms with Gasteiger partial charge in [0.05, 0.1) is 0 Å². The fraction of sp³-hybridized carbons (Fsp3) is 0.905. The van der Waals surface area contributed by atoms with Crippen LogP contribution in [-0.4, -0.2) is 37.0 Å². The fourth-order valence-corrected chi connectivity index (χ4v) is 6.48. The van der Waals surface area contributed by atoms with Gasteiger partial charge in [-0.2, -0.15) is 0 Å². The number of nitrogens with one attached hydrogen (secondary N) is 3. The molecule has 5 nitrogen and oxygen atoms in total. The first-order valence-corrected chi connectivity index (χ1v) is 10.8. The Morgan fingerprint density at radius 1 is 1.07 bits per heavy atom. The van der Waals surface area contributed by atoms with Gasteiger partial charge in [-0.05, 0) is 81.6 Å². The lowest BCUT2D eigenvalue weighted by molar-refractivity contribution is -0.149. The molecule has 154 valence electrons. The molecule has 0 aromatic heterocycles. The summed E-state index contributed by atoms with van der Waals surface area (Å²) in [7, 11) is 0. The highest BCUT2D eigenvalue weighted by Crippen LogP contribution is 2.60. The van der Waals surface area contributed by atoms with Gasteiger partial charge in [0.15, 0.2) is 0 Å². The molecule has 0 radical (unpaired) electrons. The number of carbonyl (C=O) groups is 2. The van der Waals surface area contributed by atoms with Gasteiger partial charge in [-0.1, -0.05) is 13.8 Å². The molecular weight excluding hydrogens is 362 g/mol. The van der Waals surface area contributed by atoms with E-state index < -0.39 is 6.04 Å². The van der Waals surface area contributed by atoms with Crippen molar-refractivity contribution < 1.29 is 9.59 Å². The van der Waals surface area contributed by atoms with E-state index in [1.54, 1.807) is 0 Å². The highest BCUT2D eigenvalue weighted by Gasteiger charge is 2.55. The number of carbonyl (C=O) groups excluding carboxylic acids is 2. The Morgan fingerprint density at radius 2 is 1.67 bits per heavy atom. The number of rotatable bonds is 6. The number of hydrogen-bond acceptors (Lipinski definition) is 3. The van der Waals surface area contributed by atoms with E-state index in [1.165, 1.54) is 25.7 Å². The van der Waals surface area contributed by atoms with Crippen LogP contribution >= 0.6 is 12.4 Å². The van der Waals surface area contributed by atoms with Crippen molar-refractivity contribution in [3.63, 3.8) is 0 Å². The van der Waals surface area contributed by atoms with E-state index in [-0.39, 0.29) is 35.6 Å². The minimum atomic E-state index is -0.420. The highest BCUT2D eigenvalue weighted by molar-refractivity contribution is 5.90. The summed E-state index contributed by atoms with van der Waals surface area (Å²) < 4.78 is 0. The summed E-state index contributed by atoms with van der Waals surface area (Å²) in [4.78, 5) is 26.0. The van der Waals surface area contributed by atoms with Gasteiger partial charge in [-0.3, -0.25) is 9.59 Å². The molecule has 6 heteroatoms. The zero-order valence-electron chi connectivity index (χ0n) is 16.8. The van der Waals surface area contributed by atoms with Crippen LogP contribution in [0.3, 0.4) is 0 Å². The molecule has 3 N–H and O–H groups in total. The van der Waals surface area contributed by atoms with Gasteiger partial charge in [-0.15, -0.1) is 12.4 Å². The van der Waals surface area contributed by atoms with Crippen molar-refractivity contribution in [3.05, 3.63) is 0 Å². The third kappa shape index (κ3) is 4.29. The zero-order chi connectivity index (χ0) is 18.3. The van der Waals surface area contributed by atoms with Crippen molar-refractivity contribution >= 4 is 24.2 Å². The molecule has 1 heterocycles. The number of halogens is 1. The van der Waals surface area contributed by atoms with E-state index in [0.717, 1.165) is 50.0 Å². The van der Waals surface area contributed by atoms with Crippen LogP contribution in [0, 0.1) is 29.1 Å². The second-order valence-electron chi connectivity index (χ2n) is 9.93. The molecule has 0 spiro atoms. The van der Waals surface area contributed by atoms with Crippen molar-refractivity contribution in [2.24, 2.45) is 29.1 Å². The standard InChI is InChI=1S/C21H35N3O2.ClH/c1-13(2)18(19(25)23-12-17-4-3-5-22-17)24-20(26)21-9-14-6-15(10-21)8-16(7-14)11-21;/h13-18,22H,3-12H2,1-2H3,(H,23,25)(H,24,26);1H. The van der Waals surface area contributed by atoms with Crippen LogP contribution in [0.15, 0.2) is 0 Å². The Bertz CT molecular complexity index is 524. The van der Waals surface area contributed by atoms with E-state index in [9.17, 15) is 9.59 Å². The predicted octanol–water partition coefficient (Wildman–Crippen LogP) is 2.63. The molecular formula is C21H36ClN3O2. The first-order valence-electron chi connectivity index (χ1n) is 10.8. The van der Waals surface area contributed by atoms with Crippen LogP contribution in [0.25, 0.3) is 0 Å². The van der Waals surface area contributed by atoms with Crippen molar-refractivity contribution in [3.8, 4) is 0 Å². The molecule has 5 rings (SSSR count). The van der Waals surface area contributed by atoms with Gasteiger partial charge in [0, 0.05) is 18.0 Å². The summed E-state index contributed by atoms with van der Waals surface area (Å²) in [5.41, 5.74) is -0.185. The quantitative estimate of drug-likeness (QED) is 0.645. The van der Waals surface area contributed by atoms with Crippen LogP contribution in [0.2, 0.25) is 0 Å². The van der Waals surface area contributed by atoms with Crippen LogP contribution in [0.5, 0.6) is 0 Å². The molecule has 2 amide bonds. The molecule has 4 saturated carbocycles. The molecule has 2 atom stereocenters. The summed E-state index contributed by atoms with van der Waals surface area (Å²) in [6.07, 6.45) is 9.41. The van der Waals surface area contributed by atoms with Gasteiger partial charge >= 0.3 is 0 Å². The van der Waals surface area contributed by atoms with Crippen molar-refractivity contribution in [2.75, 3.05) is 13.1 Å². The maximum absolute atomic E-state index is 13.3. The lowest BCUT2D eigenvalue weighted by atomic mass is 9.49. The minimum absolute atomic E-state index is 0. The average molecular weight is 398 g/mol. The molecule has 4 bridgehead atoms. The van der Waals surface area contributed by atoms with Gasteiger partial charge in [0.25, 0.3) is 0 Å². The number of hydrogen-bond donors (Lipinski definition) is 3. The molecule has 0 aromatic carbocycles. The smallest absolute Gasteiger partial charge is 0.242 e. The summed E-state index contributed by atoms with van der Waals surface area (Å²) in [5, 5.41) is 9.65. The minimum Gasteiger partial charge on any atom is -0.353 e. The molecule has 5 fully saturated rings. The monoisotopic (exact) mass is 397 g/mol. The first kappa shape index (κ1) is 20.9. The summed E-state index contributed by atoms with van der Waals surface area (Å²) in [6.45, 7) is 5.75. The maximum Gasteiger partial charge on any atom is 0.242 e.